The summed E-state index contributed by atoms with van der Waals surface area (Å²) in [6.45, 7) is 2.37. The van der Waals surface area contributed by atoms with Gasteiger partial charge in [0.15, 0.2) is 11.5 Å². The van der Waals surface area contributed by atoms with Crippen LogP contribution in [0.2, 0.25) is 0 Å². The van der Waals surface area contributed by atoms with Gasteiger partial charge in [-0.1, -0.05) is 0 Å². The Bertz CT molecular complexity index is 351. The Labute approximate surface area is 87.6 Å². The number of ether oxygens (including phenoxy) is 2. The third kappa shape index (κ3) is 2.60. The van der Waals surface area contributed by atoms with E-state index in [1.807, 2.05) is 6.92 Å². The molecule has 0 heterocycles. The second-order valence-corrected chi connectivity index (χ2v) is 2.74. The van der Waals surface area contributed by atoms with E-state index in [2.05, 4.69) is 0 Å². The SMILES string of the molecule is CCOc1ccc(C(=O)NO)cc1OC. The van der Waals surface area contributed by atoms with Crippen molar-refractivity contribution in [3.63, 3.8) is 0 Å². The van der Waals surface area contributed by atoms with Gasteiger partial charge in [-0.3, -0.25) is 10.0 Å². The van der Waals surface area contributed by atoms with Gasteiger partial charge in [0.2, 0.25) is 0 Å². The molecule has 5 heteroatoms. The molecule has 0 radical (unpaired) electrons. The van der Waals surface area contributed by atoms with E-state index < -0.39 is 5.91 Å². The first-order valence-electron chi connectivity index (χ1n) is 4.48. The van der Waals surface area contributed by atoms with Crippen LogP contribution < -0.4 is 15.0 Å². The Balaban J connectivity index is 3.01. The Morgan fingerprint density at radius 3 is 2.73 bits per heavy atom. The molecule has 15 heavy (non-hydrogen) atoms. The summed E-state index contributed by atoms with van der Waals surface area (Å²) in [6, 6.07) is 4.66. The van der Waals surface area contributed by atoms with Crippen molar-refractivity contribution in [2.45, 2.75) is 6.92 Å². The van der Waals surface area contributed by atoms with E-state index in [0.717, 1.165) is 0 Å². The zero-order valence-corrected chi connectivity index (χ0v) is 8.61. The number of hydrogen-bond donors (Lipinski definition) is 2. The molecule has 0 fully saturated rings. The number of hydroxylamine groups is 1. The predicted octanol–water partition coefficient (Wildman–Crippen LogP) is 1.21. The van der Waals surface area contributed by atoms with Crippen LogP contribution in [-0.4, -0.2) is 24.8 Å². The van der Waals surface area contributed by atoms with Gasteiger partial charge in [-0.05, 0) is 25.1 Å². The van der Waals surface area contributed by atoms with Gasteiger partial charge in [-0.15, -0.1) is 0 Å². The van der Waals surface area contributed by atoms with Crippen molar-refractivity contribution in [1.29, 1.82) is 0 Å². The quantitative estimate of drug-likeness (QED) is 0.580. The van der Waals surface area contributed by atoms with Gasteiger partial charge in [0.1, 0.15) is 0 Å². The summed E-state index contributed by atoms with van der Waals surface area (Å²) in [5.74, 6) is 0.434. The van der Waals surface area contributed by atoms with Gasteiger partial charge < -0.3 is 9.47 Å². The highest BCUT2D eigenvalue weighted by molar-refractivity contribution is 5.94. The third-order valence-electron chi connectivity index (χ3n) is 1.83. The van der Waals surface area contributed by atoms with Crippen molar-refractivity contribution in [2.24, 2.45) is 0 Å². The molecule has 1 rings (SSSR count). The highest BCUT2D eigenvalue weighted by atomic mass is 16.5. The number of carbonyl (C=O) groups is 1. The average molecular weight is 211 g/mol. The summed E-state index contributed by atoms with van der Waals surface area (Å²) < 4.78 is 10.3. The standard InChI is InChI=1S/C10H13NO4/c1-3-15-8-5-4-7(10(12)11-13)6-9(8)14-2/h4-6,13H,3H2,1-2H3,(H,11,12). The lowest BCUT2D eigenvalue weighted by molar-refractivity contribution is 0.0706. The highest BCUT2D eigenvalue weighted by Gasteiger charge is 2.09. The second-order valence-electron chi connectivity index (χ2n) is 2.74. The first-order valence-corrected chi connectivity index (χ1v) is 4.48. The van der Waals surface area contributed by atoms with Crippen LogP contribution in [0.15, 0.2) is 18.2 Å². The lowest BCUT2D eigenvalue weighted by Crippen LogP contribution is -2.18. The van der Waals surface area contributed by atoms with Crippen LogP contribution in [-0.2, 0) is 0 Å². The van der Waals surface area contributed by atoms with Crippen molar-refractivity contribution in [2.75, 3.05) is 13.7 Å². The van der Waals surface area contributed by atoms with Crippen molar-refractivity contribution >= 4 is 5.91 Å². The minimum Gasteiger partial charge on any atom is -0.493 e. The molecule has 1 amide bonds. The molecule has 0 aliphatic heterocycles. The molecular formula is C10H13NO4. The molecule has 0 saturated heterocycles. The minimum atomic E-state index is -0.587. The first-order chi connectivity index (χ1) is 7.22. The largest absolute Gasteiger partial charge is 0.493 e. The number of benzene rings is 1. The van der Waals surface area contributed by atoms with Crippen LogP contribution in [0.3, 0.4) is 0 Å². The summed E-state index contributed by atoms with van der Waals surface area (Å²) in [5.41, 5.74) is 1.85. The molecule has 5 nitrogen and oxygen atoms in total. The summed E-state index contributed by atoms with van der Waals surface area (Å²) in [5, 5.41) is 8.45. The molecule has 0 spiro atoms. The number of amides is 1. The van der Waals surface area contributed by atoms with Gasteiger partial charge in [-0.2, -0.15) is 0 Å². The average Bonchev–Trinajstić information content (AvgIpc) is 2.29. The fraction of sp³-hybridized carbons (Fsp3) is 0.300. The maximum absolute atomic E-state index is 11.1. The van der Waals surface area contributed by atoms with E-state index in [-0.39, 0.29) is 0 Å². The maximum atomic E-state index is 11.1. The van der Waals surface area contributed by atoms with Crippen molar-refractivity contribution < 1.29 is 19.5 Å². The monoisotopic (exact) mass is 211 g/mol. The van der Waals surface area contributed by atoms with Crippen molar-refractivity contribution in [3.8, 4) is 11.5 Å². The zero-order chi connectivity index (χ0) is 11.3. The van der Waals surface area contributed by atoms with Gasteiger partial charge in [0, 0.05) is 5.56 Å². The van der Waals surface area contributed by atoms with Crippen LogP contribution in [0.25, 0.3) is 0 Å². The highest BCUT2D eigenvalue weighted by Crippen LogP contribution is 2.27. The number of hydrogen-bond acceptors (Lipinski definition) is 4. The minimum absolute atomic E-state index is 0.304. The third-order valence-corrected chi connectivity index (χ3v) is 1.83. The molecule has 0 aliphatic rings. The molecule has 0 bridgehead atoms. The molecular weight excluding hydrogens is 198 g/mol. The first kappa shape index (κ1) is 11.3. The van der Waals surface area contributed by atoms with Crippen molar-refractivity contribution in [1.82, 2.24) is 5.48 Å². The summed E-state index contributed by atoms with van der Waals surface area (Å²) in [7, 11) is 1.48. The fourth-order valence-corrected chi connectivity index (χ4v) is 1.15. The molecule has 0 saturated carbocycles. The van der Waals surface area contributed by atoms with Crippen LogP contribution in [0.4, 0.5) is 0 Å². The predicted molar refractivity (Wildman–Crippen MR) is 53.4 cm³/mol. The Morgan fingerprint density at radius 2 is 2.20 bits per heavy atom. The molecule has 0 atom stereocenters. The Kier molecular flexibility index (Phi) is 3.93. The van der Waals surface area contributed by atoms with E-state index in [9.17, 15) is 4.79 Å². The zero-order valence-electron chi connectivity index (χ0n) is 8.61. The molecule has 0 aliphatic carbocycles. The van der Waals surface area contributed by atoms with Gasteiger partial charge in [0.25, 0.3) is 5.91 Å². The lowest BCUT2D eigenvalue weighted by atomic mass is 10.2. The van der Waals surface area contributed by atoms with Gasteiger partial charge in [0.05, 0.1) is 13.7 Å². The van der Waals surface area contributed by atoms with Gasteiger partial charge >= 0.3 is 0 Å². The van der Waals surface area contributed by atoms with Crippen molar-refractivity contribution in [3.05, 3.63) is 23.8 Å². The topological polar surface area (TPSA) is 67.8 Å². The molecule has 0 aromatic heterocycles. The van der Waals surface area contributed by atoms with Gasteiger partial charge in [-0.25, -0.2) is 5.48 Å². The van der Waals surface area contributed by atoms with Crippen LogP contribution in [0, 0.1) is 0 Å². The smallest absolute Gasteiger partial charge is 0.274 e. The normalized spacial score (nSPS) is 9.53. The molecule has 82 valence electrons. The van der Waals surface area contributed by atoms with Crippen LogP contribution in [0.1, 0.15) is 17.3 Å². The lowest BCUT2D eigenvalue weighted by Gasteiger charge is -2.09. The van der Waals surface area contributed by atoms with E-state index in [4.69, 9.17) is 14.7 Å². The maximum Gasteiger partial charge on any atom is 0.274 e. The second kappa shape index (κ2) is 5.21. The van der Waals surface area contributed by atoms with E-state index in [0.29, 0.717) is 23.7 Å². The number of nitrogens with one attached hydrogen (secondary N) is 1. The van der Waals surface area contributed by atoms with Crippen LogP contribution in [0.5, 0.6) is 11.5 Å². The Morgan fingerprint density at radius 1 is 1.47 bits per heavy atom. The summed E-state index contributed by atoms with van der Waals surface area (Å²) >= 11 is 0. The fourth-order valence-electron chi connectivity index (χ4n) is 1.15. The number of carbonyl (C=O) groups excluding carboxylic acids is 1. The molecule has 1 aromatic rings. The molecule has 2 N–H and O–H groups in total. The number of methoxy groups -OCH3 is 1. The molecule has 1 aromatic carbocycles. The number of rotatable bonds is 4. The van der Waals surface area contributed by atoms with E-state index >= 15 is 0 Å². The van der Waals surface area contributed by atoms with E-state index in [1.54, 1.807) is 17.6 Å². The summed E-state index contributed by atoms with van der Waals surface area (Å²) in [6.07, 6.45) is 0. The van der Waals surface area contributed by atoms with E-state index in [1.165, 1.54) is 13.2 Å². The van der Waals surface area contributed by atoms with Crippen LogP contribution >= 0.6 is 0 Å². The molecule has 0 unspecified atom stereocenters. The summed E-state index contributed by atoms with van der Waals surface area (Å²) in [4.78, 5) is 11.1. The Hall–Kier alpha value is -1.75.